The van der Waals surface area contributed by atoms with Crippen molar-refractivity contribution in [1.82, 2.24) is 30.6 Å². The normalized spacial score (nSPS) is 17.0. The molecule has 6 aromatic rings. The molecule has 3 fully saturated rings. The predicted octanol–water partition coefficient (Wildman–Crippen LogP) is 8.12. The van der Waals surface area contributed by atoms with Crippen molar-refractivity contribution in [3.63, 3.8) is 0 Å². The quantitative estimate of drug-likeness (QED) is 0.104. The second kappa shape index (κ2) is 20.1. The monoisotopic (exact) mass is 866 g/mol. The maximum atomic E-state index is 14.1. The molecule has 0 radical (unpaired) electrons. The van der Waals surface area contributed by atoms with Gasteiger partial charge in [0.15, 0.2) is 11.6 Å². The highest BCUT2D eigenvalue weighted by molar-refractivity contribution is 7.18. The van der Waals surface area contributed by atoms with Gasteiger partial charge in [-0.2, -0.15) is 0 Å². The fourth-order valence-electron chi connectivity index (χ4n) is 8.72. The molecule has 4 aromatic heterocycles. The molecule has 2 aromatic carbocycles. The van der Waals surface area contributed by atoms with Crippen LogP contribution in [0.25, 0.3) is 31.9 Å². The van der Waals surface area contributed by atoms with Crippen LogP contribution in [0.15, 0.2) is 76.8 Å². The molecule has 324 valence electrons. The third-order valence-electron chi connectivity index (χ3n) is 11.6. The molecular weight excluding hydrogens is 809 g/mol. The molecule has 6 heterocycles. The Morgan fingerprint density at radius 2 is 1.74 bits per heavy atom. The summed E-state index contributed by atoms with van der Waals surface area (Å²) in [6.07, 6.45) is 3.62. The van der Waals surface area contributed by atoms with Gasteiger partial charge in [-0.1, -0.05) is 69.2 Å². The summed E-state index contributed by atoms with van der Waals surface area (Å²) in [5, 5.41) is 34.7. The summed E-state index contributed by atoms with van der Waals surface area (Å²) >= 11 is 3.33. The molecule has 3 aliphatic rings. The van der Waals surface area contributed by atoms with Gasteiger partial charge in [0.1, 0.15) is 22.5 Å². The number of thiazole rings is 1. The number of benzene rings is 2. The highest BCUT2D eigenvalue weighted by Gasteiger charge is 2.54. The Bertz CT molecular complexity index is 2380. The van der Waals surface area contributed by atoms with Crippen LogP contribution in [-0.2, 0) is 16.1 Å². The Balaban J connectivity index is 0.000000995. The second-order valence-corrected chi connectivity index (χ2v) is 17.7. The molecule has 2 amide bonds. The Labute approximate surface area is 366 Å². The fraction of sp³-hybridized carbons (Fsp3) is 0.435. The number of fused-ring (bicyclic) bond motifs is 1. The van der Waals surface area contributed by atoms with Gasteiger partial charge in [0.25, 0.3) is 0 Å². The number of carbonyl (C=O) groups excluding carboxylic acids is 2. The van der Waals surface area contributed by atoms with Gasteiger partial charge in [0.05, 0.1) is 21.8 Å². The maximum Gasteiger partial charge on any atom is 0.243 e. The van der Waals surface area contributed by atoms with Crippen LogP contribution in [0.1, 0.15) is 87.1 Å². The molecule has 5 N–H and O–H groups in total. The number of amides is 2. The van der Waals surface area contributed by atoms with Crippen LogP contribution < -0.4 is 16.0 Å². The molecule has 61 heavy (non-hydrogen) atoms. The number of rotatable bonds is 10. The lowest BCUT2D eigenvalue weighted by molar-refractivity contribution is -0.140. The molecule has 9 rings (SSSR count). The van der Waals surface area contributed by atoms with Gasteiger partial charge >= 0.3 is 0 Å². The summed E-state index contributed by atoms with van der Waals surface area (Å²) in [5.74, 6) is 1.24. The van der Waals surface area contributed by atoms with Crippen molar-refractivity contribution in [2.75, 3.05) is 38.7 Å². The molecule has 2 atom stereocenters. The highest BCUT2D eigenvalue weighted by Crippen LogP contribution is 2.58. The topological polar surface area (TPSA) is 184 Å². The van der Waals surface area contributed by atoms with Gasteiger partial charge in [0, 0.05) is 60.6 Å². The number of para-hydroxylation sites is 1. The summed E-state index contributed by atoms with van der Waals surface area (Å²) in [4.78, 5) is 39.3. The van der Waals surface area contributed by atoms with Gasteiger partial charge in [-0.25, -0.2) is 4.98 Å². The van der Waals surface area contributed by atoms with Gasteiger partial charge in [0.2, 0.25) is 11.8 Å². The number of phenolic OH excluding ortho intramolecular Hbond substituents is 1. The Kier molecular flexibility index (Phi) is 14.9. The van der Waals surface area contributed by atoms with E-state index in [4.69, 9.17) is 9.63 Å². The lowest BCUT2D eigenvalue weighted by Crippen LogP contribution is -2.61. The smallest absolute Gasteiger partial charge is 0.243 e. The number of anilines is 1. The number of aliphatic hydroxyl groups excluding tert-OH is 1. The van der Waals surface area contributed by atoms with Crippen molar-refractivity contribution >= 4 is 50.5 Å². The minimum absolute atomic E-state index is 0.0334. The number of nitrogens with one attached hydrogen (secondary N) is 1. The van der Waals surface area contributed by atoms with E-state index in [0.717, 1.165) is 77.2 Å². The van der Waals surface area contributed by atoms with E-state index in [0.29, 0.717) is 42.4 Å². The van der Waals surface area contributed by atoms with E-state index >= 15 is 0 Å². The number of aliphatic hydroxyl groups is 1. The number of nitrogens with two attached hydrogens (primary N) is 1. The number of likely N-dealkylation sites (tertiary alicyclic amines) is 1. The van der Waals surface area contributed by atoms with E-state index in [1.54, 1.807) is 39.7 Å². The first-order valence-electron chi connectivity index (χ1n) is 21.0. The van der Waals surface area contributed by atoms with Gasteiger partial charge in [-0.15, -0.1) is 32.9 Å². The van der Waals surface area contributed by atoms with E-state index in [-0.39, 0.29) is 28.9 Å². The standard InChI is InChI=1S/C42H43N7O4S2.C2H6.CH5N.CH4O/c1-24(2)37(41(52)49-14-6-8-32(49)39(51)43-20-26-10-12-27(13-11-26)38-25(3)44-23-54-38)34-17-36(47-53-34)48-21-42(22-48)18-29(19-42)35-16-28-15-31(45-46-40(28)55-35)30-7-4-5-9-33(30)50;3*1-2/h4-5,7,9-13,15-17,23-24,29,32,37,50H,6,8,14,18-22H2,1-3H3,(H,43,51);1-2H3;2H2,1H3;2H,1H3. The molecule has 13 nitrogen and oxygen atoms in total. The van der Waals surface area contributed by atoms with Crippen LogP contribution in [0.5, 0.6) is 5.75 Å². The number of phenols is 1. The summed E-state index contributed by atoms with van der Waals surface area (Å²) in [7, 11) is 2.50. The Morgan fingerprint density at radius 1 is 1.02 bits per heavy atom. The predicted molar refractivity (Wildman–Crippen MR) is 244 cm³/mol. The van der Waals surface area contributed by atoms with Gasteiger partial charge in [-0.3, -0.25) is 9.59 Å². The number of aromatic hydroxyl groups is 1. The molecule has 2 aliphatic heterocycles. The van der Waals surface area contributed by atoms with Gasteiger partial charge < -0.3 is 35.6 Å². The summed E-state index contributed by atoms with van der Waals surface area (Å²) in [6.45, 7) is 12.8. The van der Waals surface area contributed by atoms with E-state index in [1.807, 2.05) is 76.5 Å². The van der Waals surface area contributed by atoms with Crippen LogP contribution in [0.4, 0.5) is 5.82 Å². The molecule has 1 aliphatic carbocycles. The zero-order chi connectivity index (χ0) is 43.8. The molecule has 1 spiro atoms. The average Bonchev–Trinajstić information content (AvgIpc) is 4.09. The number of thiophene rings is 1. The molecular formula is C46H58N8O5S2. The van der Waals surface area contributed by atoms with Crippen LogP contribution in [0.2, 0.25) is 0 Å². The zero-order valence-electron chi connectivity index (χ0n) is 36.1. The highest BCUT2D eigenvalue weighted by atomic mass is 32.1. The summed E-state index contributed by atoms with van der Waals surface area (Å²) < 4.78 is 5.89. The van der Waals surface area contributed by atoms with E-state index in [2.05, 4.69) is 54.5 Å². The Morgan fingerprint density at radius 3 is 2.41 bits per heavy atom. The first-order valence-corrected chi connectivity index (χ1v) is 22.7. The Hall–Kier alpha value is -5.22. The van der Waals surface area contributed by atoms with Crippen molar-refractivity contribution in [2.45, 2.75) is 84.7 Å². The van der Waals surface area contributed by atoms with Crippen LogP contribution in [0, 0.1) is 18.3 Å². The maximum absolute atomic E-state index is 14.1. The van der Waals surface area contributed by atoms with Crippen LogP contribution in [-0.4, -0.2) is 87.1 Å². The van der Waals surface area contributed by atoms with Crippen molar-refractivity contribution in [2.24, 2.45) is 17.1 Å². The van der Waals surface area contributed by atoms with E-state index < -0.39 is 12.0 Å². The van der Waals surface area contributed by atoms with Gasteiger partial charge in [-0.05, 0) is 86.9 Å². The number of hydrogen-bond donors (Lipinski definition) is 4. The van der Waals surface area contributed by atoms with Crippen molar-refractivity contribution in [3.05, 3.63) is 94.1 Å². The third kappa shape index (κ3) is 9.49. The largest absolute Gasteiger partial charge is 0.507 e. The van der Waals surface area contributed by atoms with Crippen LogP contribution >= 0.6 is 22.7 Å². The fourth-order valence-corrected chi connectivity index (χ4v) is 10.6. The van der Waals surface area contributed by atoms with Crippen LogP contribution in [0.3, 0.4) is 0 Å². The van der Waals surface area contributed by atoms with Crippen molar-refractivity contribution in [3.8, 4) is 27.4 Å². The minimum atomic E-state index is -0.525. The SMILES string of the molecule is CC.CN.CO.Cc1ncsc1-c1ccc(CNC(=O)C2CCCN2C(=O)C(c2cc(N3CC4(CC(c5cc6cc(-c7ccccc7O)nnc6s5)C4)C3)no2)C(C)C)cc1. The third-order valence-corrected chi connectivity index (χ3v) is 13.8. The van der Waals surface area contributed by atoms with E-state index in [9.17, 15) is 14.7 Å². The zero-order valence-corrected chi connectivity index (χ0v) is 37.7. The average molecular weight is 867 g/mol. The number of aromatic nitrogens is 4. The lowest BCUT2D eigenvalue weighted by Gasteiger charge is -2.59. The van der Waals surface area contributed by atoms with Crippen molar-refractivity contribution < 1.29 is 24.3 Å². The minimum Gasteiger partial charge on any atom is -0.507 e. The lowest BCUT2D eigenvalue weighted by atomic mass is 9.57. The molecule has 0 bridgehead atoms. The number of hydrogen-bond acceptors (Lipinski definition) is 13. The summed E-state index contributed by atoms with van der Waals surface area (Å²) in [5.41, 5.74) is 11.1. The number of carbonyl (C=O) groups is 2. The number of nitrogens with zero attached hydrogens (tertiary/aromatic N) is 6. The number of aryl methyl sites for hydroxylation is 1. The molecule has 15 heteroatoms. The summed E-state index contributed by atoms with van der Waals surface area (Å²) in [6, 6.07) is 21.1. The second-order valence-electron chi connectivity index (χ2n) is 15.8. The van der Waals surface area contributed by atoms with E-state index in [1.165, 1.54) is 11.9 Å². The van der Waals surface area contributed by atoms with Crippen molar-refractivity contribution in [1.29, 1.82) is 0 Å². The molecule has 1 saturated carbocycles. The molecule has 2 unspecified atom stereocenters. The molecule has 2 saturated heterocycles. The first kappa shape index (κ1) is 45.3. The first-order chi connectivity index (χ1) is 29.6.